The number of aromatic nitrogens is 2. The monoisotopic (exact) mass is 327 g/mol. The fourth-order valence-electron chi connectivity index (χ4n) is 1.74. The van der Waals surface area contributed by atoms with Crippen molar-refractivity contribution in [2.24, 2.45) is 11.7 Å². The van der Waals surface area contributed by atoms with E-state index in [1.54, 1.807) is 6.33 Å². The minimum Gasteiger partial charge on any atom is -0.322 e. The lowest BCUT2D eigenvalue weighted by atomic mass is 10.0. The molecule has 0 aliphatic carbocycles. The summed E-state index contributed by atoms with van der Waals surface area (Å²) in [5, 5.41) is 0.688. The van der Waals surface area contributed by atoms with Crippen molar-refractivity contribution >= 4 is 27.5 Å². The Kier molecular flexibility index (Phi) is 4.10. The standard InChI is InChI=1S/C13H15BrClN3/c1-8(2)13(16)12-6-17-7-18(12)9-3-4-11(15)10(14)5-9/h3-8,13H,16H2,1-2H3. The molecule has 0 aliphatic heterocycles. The molecule has 1 heterocycles. The van der Waals surface area contributed by atoms with E-state index in [2.05, 4.69) is 34.8 Å². The third-order valence-electron chi connectivity index (χ3n) is 2.91. The summed E-state index contributed by atoms with van der Waals surface area (Å²) >= 11 is 9.42. The smallest absolute Gasteiger partial charge is 0.0994 e. The van der Waals surface area contributed by atoms with Crippen molar-refractivity contribution in [3.8, 4) is 5.69 Å². The van der Waals surface area contributed by atoms with Gasteiger partial charge in [0, 0.05) is 16.2 Å². The first kappa shape index (κ1) is 13.6. The molecule has 0 bridgehead atoms. The zero-order chi connectivity index (χ0) is 13.3. The van der Waals surface area contributed by atoms with E-state index in [4.69, 9.17) is 17.3 Å². The van der Waals surface area contributed by atoms with E-state index in [0.717, 1.165) is 15.9 Å². The van der Waals surface area contributed by atoms with Crippen molar-refractivity contribution < 1.29 is 0 Å². The molecule has 0 radical (unpaired) electrons. The molecule has 2 aromatic rings. The second-order valence-corrected chi connectivity index (χ2v) is 5.82. The molecule has 0 saturated heterocycles. The van der Waals surface area contributed by atoms with Crippen LogP contribution in [-0.4, -0.2) is 9.55 Å². The number of benzene rings is 1. The van der Waals surface area contributed by atoms with E-state index in [-0.39, 0.29) is 6.04 Å². The van der Waals surface area contributed by atoms with Gasteiger partial charge in [0.1, 0.15) is 0 Å². The number of nitrogens with two attached hydrogens (primary N) is 1. The Bertz CT molecular complexity index is 551. The highest BCUT2D eigenvalue weighted by atomic mass is 79.9. The molecule has 0 spiro atoms. The molecule has 5 heteroatoms. The molecule has 0 amide bonds. The molecular weight excluding hydrogens is 314 g/mol. The van der Waals surface area contributed by atoms with Gasteiger partial charge >= 0.3 is 0 Å². The summed E-state index contributed by atoms with van der Waals surface area (Å²) in [5.74, 6) is 0.358. The van der Waals surface area contributed by atoms with Gasteiger partial charge < -0.3 is 10.3 Å². The van der Waals surface area contributed by atoms with Gasteiger partial charge in [0.15, 0.2) is 0 Å². The molecule has 96 valence electrons. The quantitative estimate of drug-likeness (QED) is 0.927. The van der Waals surface area contributed by atoms with E-state index in [9.17, 15) is 0 Å². The summed E-state index contributed by atoms with van der Waals surface area (Å²) in [7, 11) is 0. The van der Waals surface area contributed by atoms with Crippen molar-refractivity contribution in [2.75, 3.05) is 0 Å². The molecule has 0 aliphatic rings. The van der Waals surface area contributed by atoms with Crippen molar-refractivity contribution in [2.45, 2.75) is 19.9 Å². The SMILES string of the molecule is CC(C)C(N)c1cncn1-c1ccc(Cl)c(Br)c1. The molecule has 1 atom stereocenters. The summed E-state index contributed by atoms with van der Waals surface area (Å²) in [6.45, 7) is 4.19. The number of nitrogens with zero attached hydrogens (tertiary/aromatic N) is 2. The van der Waals surface area contributed by atoms with Gasteiger partial charge in [-0.15, -0.1) is 0 Å². The second kappa shape index (κ2) is 5.43. The van der Waals surface area contributed by atoms with Gasteiger partial charge in [-0.3, -0.25) is 0 Å². The van der Waals surface area contributed by atoms with Crippen LogP contribution in [0.5, 0.6) is 0 Å². The van der Waals surface area contributed by atoms with Crippen LogP contribution in [0.15, 0.2) is 35.2 Å². The van der Waals surface area contributed by atoms with E-state index in [0.29, 0.717) is 10.9 Å². The molecule has 1 aromatic carbocycles. The third-order valence-corrected chi connectivity index (χ3v) is 4.12. The minimum absolute atomic E-state index is 0.0399. The maximum Gasteiger partial charge on any atom is 0.0994 e. The van der Waals surface area contributed by atoms with Crippen molar-refractivity contribution in [3.63, 3.8) is 0 Å². The second-order valence-electron chi connectivity index (χ2n) is 4.56. The van der Waals surface area contributed by atoms with Crippen LogP contribution < -0.4 is 5.73 Å². The Balaban J connectivity index is 2.45. The van der Waals surface area contributed by atoms with Gasteiger partial charge in [-0.2, -0.15) is 0 Å². The van der Waals surface area contributed by atoms with Crippen LogP contribution in [0, 0.1) is 5.92 Å². The molecule has 2 rings (SSSR count). The zero-order valence-corrected chi connectivity index (χ0v) is 12.6. The zero-order valence-electron chi connectivity index (χ0n) is 10.3. The molecule has 18 heavy (non-hydrogen) atoms. The number of imidazole rings is 1. The van der Waals surface area contributed by atoms with Gasteiger partial charge in [-0.05, 0) is 40.0 Å². The number of hydrogen-bond acceptors (Lipinski definition) is 2. The lowest BCUT2D eigenvalue weighted by Crippen LogP contribution is -2.19. The van der Waals surface area contributed by atoms with Gasteiger partial charge in [-0.25, -0.2) is 4.98 Å². The Hall–Kier alpha value is -0.840. The first-order valence-corrected chi connectivity index (χ1v) is 6.91. The van der Waals surface area contributed by atoms with Crippen LogP contribution in [-0.2, 0) is 0 Å². The predicted molar refractivity (Wildman–Crippen MR) is 78.0 cm³/mol. The van der Waals surface area contributed by atoms with Gasteiger partial charge in [0.2, 0.25) is 0 Å². The minimum atomic E-state index is -0.0399. The van der Waals surface area contributed by atoms with E-state index in [1.807, 2.05) is 29.0 Å². The van der Waals surface area contributed by atoms with Gasteiger partial charge in [0.25, 0.3) is 0 Å². The van der Waals surface area contributed by atoms with Crippen molar-refractivity contribution in [1.82, 2.24) is 9.55 Å². The summed E-state index contributed by atoms with van der Waals surface area (Å²) in [4.78, 5) is 4.19. The summed E-state index contributed by atoms with van der Waals surface area (Å²) < 4.78 is 2.85. The van der Waals surface area contributed by atoms with Crippen LogP contribution in [0.1, 0.15) is 25.6 Å². The van der Waals surface area contributed by atoms with Crippen molar-refractivity contribution in [1.29, 1.82) is 0 Å². The number of hydrogen-bond donors (Lipinski definition) is 1. The van der Waals surface area contributed by atoms with Crippen LogP contribution in [0.3, 0.4) is 0 Å². The maximum atomic E-state index is 6.19. The Morgan fingerprint density at radius 2 is 2.11 bits per heavy atom. The molecule has 0 saturated carbocycles. The van der Waals surface area contributed by atoms with Crippen molar-refractivity contribution in [3.05, 3.63) is 45.9 Å². The normalized spacial score (nSPS) is 13.0. The summed E-state index contributed by atoms with van der Waals surface area (Å²) in [6.07, 6.45) is 3.58. The van der Waals surface area contributed by atoms with Crippen LogP contribution in [0.2, 0.25) is 5.02 Å². The molecule has 1 aromatic heterocycles. The summed E-state index contributed by atoms with van der Waals surface area (Å²) in [5.41, 5.74) is 8.18. The van der Waals surface area contributed by atoms with Crippen LogP contribution in [0.25, 0.3) is 5.69 Å². The lowest BCUT2D eigenvalue weighted by Gasteiger charge is -2.18. The number of rotatable bonds is 3. The average molecular weight is 329 g/mol. The number of halogens is 2. The Morgan fingerprint density at radius 1 is 1.39 bits per heavy atom. The highest BCUT2D eigenvalue weighted by Crippen LogP contribution is 2.27. The predicted octanol–water partition coefficient (Wildman–Crippen LogP) is 3.94. The van der Waals surface area contributed by atoms with Crippen LogP contribution in [0.4, 0.5) is 0 Å². The van der Waals surface area contributed by atoms with Crippen LogP contribution >= 0.6 is 27.5 Å². The molecule has 0 fully saturated rings. The fourth-order valence-corrected chi connectivity index (χ4v) is 2.23. The first-order chi connectivity index (χ1) is 8.50. The largest absolute Gasteiger partial charge is 0.322 e. The first-order valence-electron chi connectivity index (χ1n) is 5.74. The molecule has 1 unspecified atom stereocenters. The molecular formula is C13H15BrClN3. The van der Waals surface area contributed by atoms with Gasteiger partial charge in [-0.1, -0.05) is 25.4 Å². The van der Waals surface area contributed by atoms with E-state index in [1.165, 1.54) is 0 Å². The summed E-state index contributed by atoms with van der Waals surface area (Å²) in [6, 6.07) is 5.72. The van der Waals surface area contributed by atoms with E-state index < -0.39 is 0 Å². The Labute approximate surface area is 120 Å². The molecule has 2 N–H and O–H groups in total. The maximum absolute atomic E-state index is 6.19. The highest BCUT2D eigenvalue weighted by Gasteiger charge is 2.16. The highest BCUT2D eigenvalue weighted by molar-refractivity contribution is 9.10. The lowest BCUT2D eigenvalue weighted by molar-refractivity contribution is 0.497. The molecule has 3 nitrogen and oxygen atoms in total. The van der Waals surface area contributed by atoms with E-state index >= 15 is 0 Å². The topological polar surface area (TPSA) is 43.8 Å². The average Bonchev–Trinajstić information content (AvgIpc) is 2.80. The third kappa shape index (κ3) is 2.60. The Morgan fingerprint density at radius 3 is 2.72 bits per heavy atom. The van der Waals surface area contributed by atoms with Gasteiger partial charge in [0.05, 0.1) is 23.2 Å². The fraction of sp³-hybridized carbons (Fsp3) is 0.308.